The highest BCUT2D eigenvalue weighted by Crippen LogP contribution is 2.41. The number of carbonyl (C=O) groups excluding carboxylic acids is 2. The van der Waals surface area contributed by atoms with E-state index in [1.54, 1.807) is 0 Å². The van der Waals surface area contributed by atoms with E-state index in [9.17, 15) is 29.4 Å². The fourth-order valence-corrected chi connectivity index (χ4v) is 7.95. The SMILES string of the molecule is CCCCCCCCCCCCCCCCCC(=O)O[C@@H]1[C@@H](CO)O[C@@H](n2ccc(=O)[nH]c2=O)[C@@]1(O)C(=O)CCCCCCCCCCCCCCCCC. The first kappa shape index (κ1) is 48.8. The average molecular weight is 777 g/mol. The summed E-state index contributed by atoms with van der Waals surface area (Å²) in [7, 11) is 0. The average Bonchev–Trinajstić information content (AvgIpc) is 3.45. The van der Waals surface area contributed by atoms with E-state index in [2.05, 4.69) is 18.8 Å². The minimum atomic E-state index is -2.42. The van der Waals surface area contributed by atoms with Gasteiger partial charge in [-0.2, -0.15) is 0 Å². The number of aliphatic hydroxyl groups is 2. The molecular formula is C45H80N2O8. The van der Waals surface area contributed by atoms with Crippen molar-refractivity contribution in [2.75, 3.05) is 6.61 Å². The number of aromatic nitrogens is 2. The predicted octanol–water partition coefficient (Wildman–Crippen LogP) is 10.2. The van der Waals surface area contributed by atoms with Crippen LogP contribution in [0, 0.1) is 0 Å². The number of hydrogen-bond donors (Lipinski definition) is 3. The minimum Gasteiger partial charge on any atom is -0.456 e. The van der Waals surface area contributed by atoms with Gasteiger partial charge in [0, 0.05) is 25.1 Å². The first-order valence-corrected chi connectivity index (χ1v) is 22.8. The number of rotatable bonds is 36. The number of hydrogen-bond acceptors (Lipinski definition) is 8. The smallest absolute Gasteiger partial charge is 0.330 e. The number of aliphatic hydroxyl groups excluding tert-OH is 1. The second kappa shape index (κ2) is 30.8. The Balaban J connectivity index is 1.78. The molecule has 1 saturated heterocycles. The van der Waals surface area contributed by atoms with Crippen molar-refractivity contribution in [3.8, 4) is 0 Å². The Bertz CT molecular complexity index is 1250. The van der Waals surface area contributed by atoms with Gasteiger partial charge in [0.05, 0.1) is 6.61 Å². The van der Waals surface area contributed by atoms with Gasteiger partial charge in [-0.25, -0.2) is 4.79 Å². The maximum absolute atomic E-state index is 13.8. The molecule has 1 aliphatic heterocycles. The summed E-state index contributed by atoms with van der Waals surface area (Å²) in [5, 5.41) is 22.3. The molecule has 0 unspecified atom stereocenters. The number of ketones is 1. The standard InChI is InChI=1S/C45H80N2O8/c1-3-5-7-9-11-13-15-17-19-21-23-25-27-29-31-33-39(49)45(53)42(38(37-48)54-43(45)47-36-35-40(50)46-44(47)52)55-41(51)34-32-30-28-26-24-22-20-18-16-14-12-10-8-6-4-2/h35-36,38,42-43,48,53H,3-34,37H2,1-2H3,(H,46,50,52)/t38-,42-,43-,45-/m1/s1. The summed E-state index contributed by atoms with van der Waals surface area (Å²) in [6.45, 7) is 3.86. The van der Waals surface area contributed by atoms with Crippen LogP contribution in [0.2, 0.25) is 0 Å². The van der Waals surface area contributed by atoms with Crippen LogP contribution in [-0.4, -0.2) is 55.9 Å². The van der Waals surface area contributed by atoms with Crippen LogP contribution in [0.1, 0.15) is 226 Å². The van der Waals surface area contributed by atoms with Crippen LogP contribution in [0.3, 0.4) is 0 Å². The van der Waals surface area contributed by atoms with Gasteiger partial charge in [-0.1, -0.05) is 194 Å². The third-order valence-electron chi connectivity index (χ3n) is 11.4. The highest BCUT2D eigenvalue weighted by atomic mass is 16.6. The quantitative estimate of drug-likeness (QED) is 0.0451. The molecule has 4 atom stereocenters. The molecule has 0 saturated carbocycles. The van der Waals surface area contributed by atoms with Crippen molar-refractivity contribution in [2.45, 2.75) is 243 Å². The maximum Gasteiger partial charge on any atom is 0.330 e. The molecule has 0 radical (unpaired) electrons. The molecule has 2 rings (SSSR count). The molecule has 10 nitrogen and oxygen atoms in total. The van der Waals surface area contributed by atoms with Gasteiger partial charge in [0.25, 0.3) is 5.56 Å². The normalized spacial score (nSPS) is 19.6. The lowest BCUT2D eigenvalue weighted by molar-refractivity contribution is -0.173. The number of H-pyrrole nitrogens is 1. The highest BCUT2D eigenvalue weighted by Gasteiger charge is 2.63. The lowest BCUT2D eigenvalue weighted by atomic mass is 9.86. The van der Waals surface area contributed by atoms with Crippen molar-refractivity contribution in [2.24, 2.45) is 0 Å². The predicted molar refractivity (Wildman–Crippen MR) is 221 cm³/mol. The monoisotopic (exact) mass is 777 g/mol. The molecule has 1 aliphatic rings. The zero-order valence-electron chi connectivity index (χ0n) is 35.0. The van der Waals surface area contributed by atoms with Crippen LogP contribution in [0.15, 0.2) is 21.9 Å². The molecule has 10 heteroatoms. The van der Waals surface area contributed by atoms with Crippen LogP contribution in [0.25, 0.3) is 0 Å². The Labute approximate surface area is 332 Å². The fraction of sp³-hybridized carbons (Fsp3) is 0.867. The molecule has 1 fully saturated rings. The summed E-state index contributed by atoms with van der Waals surface area (Å²) in [5.41, 5.74) is -3.94. The summed E-state index contributed by atoms with van der Waals surface area (Å²) >= 11 is 0. The molecule has 0 bridgehead atoms. The third kappa shape index (κ3) is 19.6. The van der Waals surface area contributed by atoms with Crippen molar-refractivity contribution in [1.82, 2.24) is 9.55 Å². The molecule has 3 N–H and O–H groups in total. The Morgan fingerprint density at radius 3 is 1.42 bits per heavy atom. The summed E-state index contributed by atoms with van der Waals surface area (Å²) in [6.07, 6.45) is 32.7. The van der Waals surface area contributed by atoms with E-state index < -0.39 is 53.6 Å². The second-order valence-electron chi connectivity index (χ2n) is 16.3. The minimum absolute atomic E-state index is 0.00202. The van der Waals surface area contributed by atoms with Crippen molar-refractivity contribution < 1.29 is 29.3 Å². The molecular weight excluding hydrogens is 697 g/mol. The van der Waals surface area contributed by atoms with Gasteiger partial charge in [-0.3, -0.25) is 23.9 Å². The lowest BCUT2D eigenvalue weighted by Crippen LogP contribution is -2.56. The van der Waals surface area contributed by atoms with E-state index in [0.717, 1.165) is 61.8 Å². The van der Waals surface area contributed by atoms with Gasteiger partial charge >= 0.3 is 11.7 Å². The zero-order chi connectivity index (χ0) is 40.0. The maximum atomic E-state index is 13.8. The molecule has 2 heterocycles. The van der Waals surface area contributed by atoms with E-state index in [-0.39, 0.29) is 12.8 Å². The molecule has 1 aromatic heterocycles. The van der Waals surface area contributed by atoms with E-state index in [1.165, 1.54) is 135 Å². The van der Waals surface area contributed by atoms with E-state index in [4.69, 9.17) is 9.47 Å². The Kier molecular flexibility index (Phi) is 27.3. The molecule has 1 aromatic rings. The Morgan fingerprint density at radius 1 is 0.655 bits per heavy atom. The van der Waals surface area contributed by atoms with E-state index >= 15 is 0 Å². The second-order valence-corrected chi connectivity index (χ2v) is 16.3. The fourth-order valence-electron chi connectivity index (χ4n) is 7.95. The number of nitrogens with one attached hydrogen (secondary N) is 1. The molecule has 0 spiro atoms. The van der Waals surface area contributed by atoms with Crippen LogP contribution >= 0.6 is 0 Å². The number of aromatic amines is 1. The van der Waals surface area contributed by atoms with Crippen molar-refractivity contribution >= 4 is 11.8 Å². The molecule has 0 aromatic carbocycles. The summed E-state index contributed by atoms with van der Waals surface area (Å²) < 4.78 is 12.5. The van der Waals surface area contributed by atoms with Crippen molar-refractivity contribution in [1.29, 1.82) is 0 Å². The number of unbranched alkanes of at least 4 members (excludes halogenated alkanes) is 28. The number of carbonyl (C=O) groups is 2. The van der Waals surface area contributed by atoms with Gasteiger partial charge < -0.3 is 19.7 Å². The van der Waals surface area contributed by atoms with Crippen molar-refractivity contribution in [3.63, 3.8) is 0 Å². The molecule has 318 valence electrons. The summed E-state index contributed by atoms with van der Waals surface area (Å²) in [5.74, 6) is -1.21. The van der Waals surface area contributed by atoms with Gasteiger partial charge in [0.2, 0.25) is 5.60 Å². The zero-order valence-corrected chi connectivity index (χ0v) is 35.0. The summed E-state index contributed by atoms with van der Waals surface area (Å²) in [4.78, 5) is 53.6. The van der Waals surface area contributed by atoms with Gasteiger partial charge in [0.15, 0.2) is 18.1 Å². The number of ether oxygens (including phenoxy) is 2. The van der Waals surface area contributed by atoms with Gasteiger partial charge in [-0.15, -0.1) is 0 Å². The van der Waals surface area contributed by atoms with Crippen molar-refractivity contribution in [3.05, 3.63) is 33.1 Å². The summed E-state index contributed by atoms with van der Waals surface area (Å²) in [6, 6.07) is 1.09. The molecule has 0 amide bonds. The van der Waals surface area contributed by atoms with Crippen LogP contribution in [-0.2, 0) is 19.1 Å². The Morgan fingerprint density at radius 2 is 1.04 bits per heavy atom. The number of Topliss-reactive ketones (excluding diaryl/α,β-unsaturated/α-hetero) is 1. The van der Waals surface area contributed by atoms with Crippen LogP contribution in [0.5, 0.6) is 0 Å². The number of esters is 1. The number of nitrogens with zero attached hydrogens (tertiary/aromatic N) is 1. The first-order chi connectivity index (χ1) is 26.8. The topological polar surface area (TPSA) is 148 Å². The first-order valence-electron chi connectivity index (χ1n) is 22.8. The highest BCUT2D eigenvalue weighted by molar-refractivity contribution is 5.89. The van der Waals surface area contributed by atoms with Crippen LogP contribution in [0.4, 0.5) is 0 Å². The molecule has 0 aliphatic carbocycles. The Hall–Kier alpha value is -2.30. The van der Waals surface area contributed by atoms with E-state index in [0.29, 0.717) is 12.8 Å². The van der Waals surface area contributed by atoms with Crippen LogP contribution < -0.4 is 11.2 Å². The van der Waals surface area contributed by atoms with E-state index in [1.807, 2.05) is 0 Å². The largest absolute Gasteiger partial charge is 0.456 e. The molecule has 55 heavy (non-hydrogen) atoms. The third-order valence-corrected chi connectivity index (χ3v) is 11.4. The van der Waals surface area contributed by atoms with Gasteiger partial charge in [-0.05, 0) is 12.8 Å². The van der Waals surface area contributed by atoms with Gasteiger partial charge in [0.1, 0.15) is 6.10 Å². The lowest BCUT2D eigenvalue weighted by Gasteiger charge is -2.32.